The molecular formula is C22H35NO6. The fourth-order valence-electron chi connectivity index (χ4n) is 4.19. The smallest absolute Gasteiger partial charge is 0.233 e. The Balaban J connectivity index is 1.70. The zero-order valence-electron chi connectivity index (χ0n) is 17.9. The van der Waals surface area contributed by atoms with E-state index in [0.717, 1.165) is 6.42 Å². The minimum Gasteiger partial charge on any atom is -0.382 e. The first-order valence-corrected chi connectivity index (χ1v) is 10.4. The number of allylic oxidation sites excluding steroid dienone is 3. The van der Waals surface area contributed by atoms with E-state index in [-0.39, 0.29) is 42.0 Å². The van der Waals surface area contributed by atoms with Gasteiger partial charge in [0.05, 0.1) is 64.6 Å². The van der Waals surface area contributed by atoms with Crippen molar-refractivity contribution >= 4 is 11.8 Å². The number of rotatable bonds is 14. The van der Waals surface area contributed by atoms with Crippen molar-refractivity contribution in [2.45, 2.75) is 20.3 Å². The second-order valence-electron chi connectivity index (χ2n) is 7.75. The van der Waals surface area contributed by atoms with Crippen LogP contribution in [0.4, 0.5) is 0 Å². The summed E-state index contributed by atoms with van der Waals surface area (Å²) < 4.78 is 21.1. The van der Waals surface area contributed by atoms with Crippen LogP contribution < -0.4 is 0 Å². The van der Waals surface area contributed by atoms with Crippen LogP contribution in [-0.2, 0) is 28.5 Å². The summed E-state index contributed by atoms with van der Waals surface area (Å²) in [6.45, 7) is 11.5. The molecule has 164 valence electrons. The highest BCUT2D eigenvalue weighted by molar-refractivity contribution is 6.06. The molecule has 1 aliphatic heterocycles. The summed E-state index contributed by atoms with van der Waals surface area (Å²) in [4.78, 5) is 27.1. The Labute approximate surface area is 174 Å². The van der Waals surface area contributed by atoms with Gasteiger partial charge in [-0.25, -0.2) is 0 Å². The molecule has 2 rings (SSSR count). The second-order valence-corrected chi connectivity index (χ2v) is 7.75. The molecule has 0 N–H and O–H groups in total. The van der Waals surface area contributed by atoms with E-state index in [4.69, 9.17) is 18.9 Å². The Morgan fingerprint density at radius 3 is 1.97 bits per heavy atom. The summed E-state index contributed by atoms with van der Waals surface area (Å²) in [5.74, 6) is -0.524. The molecule has 2 fully saturated rings. The van der Waals surface area contributed by atoms with Gasteiger partial charge in [0.2, 0.25) is 11.8 Å². The van der Waals surface area contributed by atoms with Gasteiger partial charge in [-0.15, -0.1) is 6.58 Å². The highest BCUT2D eigenvalue weighted by Gasteiger charge is 2.56. The summed E-state index contributed by atoms with van der Waals surface area (Å²) in [6.07, 6.45) is 4.78. The third-order valence-corrected chi connectivity index (χ3v) is 5.44. The molecule has 1 saturated heterocycles. The maximum Gasteiger partial charge on any atom is 0.233 e. The van der Waals surface area contributed by atoms with Gasteiger partial charge in [-0.3, -0.25) is 14.5 Å². The fourth-order valence-corrected chi connectivity index (χ4v) is 4.19. The number of amides is 2. The molecule has 4 unspecified atom stereocenters. The topological polar surface area (TPSA) is 74.3 Å². The van der Waals surface area contributed by atoms with E-state index in [1.807, 2.05) is 19.9 Å². The van der Waals surface area contributed by atoms with Crippen molar-refractivity contribution < 1.29 is 28.5 Å². The molecule has 0 bridgehead atoms. The van der Waals surface area contributed by atoms with Gasteiger partial charge in [-0.1, -0.05) is 17.7 Å². The highest BCUT2D eigenvalue weighted by Crippen LogP contribution is 2.48. The lowest BCUT2D eigenvalue weighted by atomic mass is 9.88. The van der Waals surface area contributed by atoms with Gasteiger partial charge in [-0.05, 0) is 32.1 Å². The molecule has 2 aliphatic rings. The Morgan fingerprint density at radius 2 is 1.45 bits per heavy atom. The largest absolute Gasteiger partial charge is 0.382 e. The van der Waals surface area contributed by atoms with Gasteiger partial charge in [0.15, 0.2) is 0 Å². The lowest BCUT2D eigenvalue weighted by Gasteiger charge is -2.19. The Kier molecular flexibility index (Phi) is 10.0. The summed E-state index contributed by atoms with van der Waals surface area (Å²) >= 11 is 0. The summed E-state index contributed by atoms with van der Waals surface area (Å²) in [5.41, 5.74) is 1.17. The zero-order valence-corrected chi connectivity index (χ0v) is 17.9. The van der Waals surface area contributed by atoms with Crippen molar-refractivity contribution in [3.8, 4) is 0 Å². The number of ether oxygens (including phenoxy) is 4. The monoisotopic (exact) mass is 409 g/mol. The van der Waals surface area contributed by atoms with Crippen LogP contribution in [-0.4, -0.2) is 76.6 Å². The van der Waals surface area contributed by atoms with E-state index in [1.165, 1.54) is 10.5 Å². The van der Waals surface area contributed by atoms with E-state index < -0.39 is 0 Å². The Hall–Kier alpha value is -1.54. The fraction of sp³-hybridized carbons (Fsp3) is 0.727. The summed E-state index contributed by atoms with van der Waals surface area (Å²) in [7, 11) is 1.63. The molecule has 2 amide bonds. The van der Waals surface area contributed by atoms with Gasteiger partial charge < -0.3 is 18.9 Å². The number of imide groups is 1. The number of hydrogen-bond acceptors (Lipinski definition) is 6. The quantitative estimate of drug-likeness (QED) is 0.248. The van der Waals surface area contributed by atoms with Gasteiger partial charge in [-0.2, -0.15) is 0 Å². The van der Waals surface area contributed by atoms with E-state index in [1.54, 1.807) is 7.11 Å². The zero-order chi connectivity index (χ0) is 21.2. The van der Waals surface area contributed by atoms with Crippen LogP contribution >= 0.6 is 0 Å². The number of fused-ring (bicyclic) bond motifs is 1. The SMILES string of the molecule is C=CC1CC(C=C(C)C)C2C(=O)N(CCOCCOCCOCCOC)C(=O)C12. The average molecular weight is 410 g/mol. The molecule has 0 radical (unpaired) electrons. The first-order chi connectivity index (χ1) is 14.0. The van der Waals surface area contributed by atoms with Gasteiger partial charge in [0, 0.05) is 7.11 Å². The van der Waals surface area contributed by atoms with Crippen LogP contribution in [0.3, 0.4) is 0 Å². The number of likely N-dealkylation sites (tertiary alicyclic amines) is 1. The minimum atomic E-state index is -0.276. The van der Waals surface area contributed by atoms with Crippen molar-refractivity contribution in [2.75, 3.05) is 59.9 Å². The van der Waals surface area contributed by atoms with Crippen LogP contribution in [0.2, 0.25) is 0 Å². The van der Waals surface area contributed by atoms with Crippen LogP contribution in [0, 0.1) is 23.7 Å². The Morgan fingerprint density at radius 1 is 0.931 bits per heavy atom. The van der Waals surface area contributed by atoms with Crippen LogP contribution in [0.15, 0.2) is 24.3 Å². The molecule has 1 aliphatic carbocycles. The minimum absolute atomic E-state index is 0.0578. The number of nitrogens with zero attached hydrogens (tertiary/aromatic N) is 1. The summed E-state index contributed by atoms with van der Waals surface area (Å²) in [6, 6.07) is 0. The van der Waals surface area contributed by atoms with E-state index in [0.29, 0.717) is 46.2 Å². The van der Waals surface area contributed by atoms with E-state index >= 15 is 0 Å². The molecule has 0 aromatic carbocycles. The van der Waals surface area contributed by atoms with Gasteiger partial charge in [0.25, 0.3) is 0 Å². The van der Waals surface area contributed by atoms with Gasteiger partial charge in [0.1, 0.15) is 0 Å². The molecule has 29 heavy (non-hydrogen) atoms. The van der Waals surface area contributed by atoms with Crippen LogP contribution in [0.25, 0.3) is 0 Å². The normalized spacial score (nSPS) is 26.1. The van der Waals surface area contributed by atoms with Crippen LogP contribution in [0.1, 0.15) is 20.3 Å². The molecule has 4 atom stereocenters. The van der Waals surface area contributed by atoms with E-state index in [2.05, 4.69) is 12.7 Å². The van der Waals surface area contributed by atoms with Crippen molar-refractivity contribution in [3.63, 3.8) is 0 Å². The van der Waals surface area contributed by atoms with Crippen LogP contribution in [0.5, 0.6) is 0 Å². The predicted octanol–water partition coefficient (Wildman–Crippen LogP) is 2.07. The van der Waals surface area contributed by atoms with Gasteiger partial charge >= 0.3 is 0 Å². The summed E-state index contributed by atoms with van der Waals surface area (Å²) in [5, 5.41) is 0. The highest BCUT2D eigenvalue weighted by atomic mass is 16.6. The molecule has 0 aromatic rings. The standard InChI is InChI=1S/C22H35NO6/c1-5-17-15-18(14-16(2)3)20-19(17)21(24)23(22(20)25)6-7-27-10-11-29-13-12-28-9-8-26-4/h5,14,17-20H,1,6-13,15H2,2-4H3. The molecule has 7 nitrogen and oxygen atoms in total. The predicted molar refractivity (Wildman–Crippen MR) is 109 cm³/mol. The van der Waals surface area contributed by atoms with Crippen molar-refractivity contribution in [1.82, 2.24) is 4.90 Å². The lowest BCUT2D eigenvalue weighted by molar-refractivity contribution is -0.141. The Bertz CT molecular complexity index is 586. The average Bonchev–Trinajstić information content (AvgIpc) is 3.16. The second kappa shape index (κ2) is 12.2. The molecule has 1 heterocycles. The number of methoxy groups -OCH3 is 1. The van der Waals surface area contributed by atoms with Crippen molar-refractivity contribution in [2.24, 2.45) is 23.7 Å². The molecule has 1 saturated carbocycles. The molecule has 7 heteroatoms. The lowest BCUT2D eigenvalue weighted by Crippen LogP contribution is -2.36. The third kappa shape index (κ3) is 6.47. The third-order valence-electron chi connectivity index (χ3n) is 5.44. The maximum absolute atomic E-state index is 12.9. The van der Waals surface area contributed by atoms with Crippen molar-refractivity contribution in [3.05, 3.63) is 24.3 Å². The number of hydrogen-bond donors (Lipinski definition) is 0. The molecular weight excluding hydrogens is 374 g/mol. The van der Waals surface area contributed by atoms with E-state index in [9.17, 15) is 9.59 Å². The number of carbonyl (C=O) groups excluding carboxylic acids is 2. The first kappa shape index (κ1) is 23.7. The molecule has 0 spiro atoms. The first-order valence-electron chi connectivity index (χ1n) is 10.4. The van der Waals surface area contributed by atoms with Crippen molar-refractivity contribution in [1.29, 1.82) is 0 Å². The maximum atomic E-state index is 12.9. The number of carbonyl (C=O) groups is 2. The molecule has 0 aromatic heterocycles.